The minimum atomic E-state index is -0.607. The molecule has 2 aromatic carbocycles. The molecular weight excluding hydrogens is 362 g/mol. The Hall–Kier alpha value is -3.39. The van der Waals surface area contributed by atoms with Gasteiger partial charge in [0.05, 0.1) is 5.69 Å². The number of halogens is 1. The van der Waals surface area contributed by atoms with Gasteiger partial charge in [0, 0.05) is 16.7 Å². The minimum absolute atomic E-state index is 0.0234. The lowest BCUT2D eigenvalue weighted by atomic mass is 10.1. The highest BCUT2D eigenvalue weighted by Gasteiger charge is 2.35. The normalized spacial score (nSPS) is 17.0. The Morgan fingerprint density at radius 3 is 2.65 bits per heavy atom. The van der Waals surface area contributed by atoms with E-state index < -0.39 is 11.8 Å². The Morgan fingerprint density at radius 1 is 1.15 bits per heavy atom. The molecule has 0 bridgehead atoms. The number of anilines is 1. The molecule has 0 radical (unpaired) electrons. The van der Waals surface area contributed by atoms with E-state index in [0.717, 1.165) is 5.01 Å². The van der Waals surface area contributed by atoms with Crippen molar-refractivity contribution in [3.05, 3.63) is 57.5 Å². The zero-order valence-corrected chi connectivity index (χ0v) is 13.8. The predicted molar refractivity (Wildman–Crippen MR) is 93.1 cm³/mol. The maximum Gasteiger partial charge on any atom is 0.282 e. The molecule has 0 unspecified atom stereocenters. The fourth-order valence-corrected chi connectivity index (χ4v) is 2.84. The van der Waals surface area contributed by atoms with E-state index in [1.54, 1.807) is 24.3 Å². The van der Waals surface area contributed by atoms with Gasteiger partial charge >= 0.3 is 0 Å². The monoisotopic (exact) mass is 371 g/mol. The Bertz CT molecular complexity index is 988. The van der Waals surface area contributed by atoms with Gasteiger partial charge in [-0.2, -0.15) is 0 Å². The van der Waals surface area contributed by atoms with Crippen molar-refractivity contribution in [1.29, 1.82) is 0 Å². The second kappa shape index (κ2) is 6.16. The Labute approximate surface area is 151 Å². The van der Waals surface area contributed by atoms with Crippen LogP contribution in [-0.2, 0) is 9.59 Å². The lowest BCUT2D eigenvalue weighted by Crippen LogP contribution is -2.35. The third-order valence-electron chi connectivity index (χ3n) is 3.88. The summed E-state index contributed by atoms with van der Waals surface area (Å²) in [5.41, 5.74) is 3.04. The number of carbonyl (C=O) groups excluding carboxylic acids is 2. The van der Waals surface area contributed by atoms with E-state index in [-0.39, 0.29) is 23.6 Å². The van der Waals surface area contributed by atoms with Crippen LogP contribution in [0.3, 0.4) is 0 Å². The van der Waals surface area contributed by atoms with Crippen molar-refractivity contribution in [1.82, 2.24) is 5.43 Å². The first-order chi connectivity index (χ1) is 12.6. The first-order valence-electron chi connectivity index (χ1n) is 7.46. The number of hydrogen-bond acceptors (Lipinski definition) is 6. The van der Waals surface area contributed by atoms with Crippen molar-refractivity contribution in [2.24, 2.45) is 5.18 Å². The van der Waals surface area contributed by atoms with Crippen LogP contribution in [0.15, 0.2) is 47.1 Å². The van der Waals surface area contributed by atoms with Crippen LogP contribution in [0.2, 0.25) is 5.02 Å². The number of nitroso groups, excluding NO2 is 1. The molecule has 1 N–H and O–H groups in total. The van der Waals surface area contributed by atoms with Gasteiger partial charge in [0.1, 0.15) is 11.3 Å². The molecule has 2 aromatic rings. The van der Waals surface area contributed by atoms with Crippen molar-refractivity contribution in [2.75, 3.05) is 11.8 Å². The zero-order valence-electron chi connectivity index (χ0n) is 13.1. The summed E-state index contributed by atoms with van der Waals surface area (Å²) < 4.78 is 10.4. The summed E-state index contributed by atoms with van der Waals surface area (Å²) in [7, 11) is 0. The molecule has 2 aliphatic rings. The first-order valence-corrected chi connectivity index (χ1v) is 7.84. The maximum atomic E-state index is 12.6. The van der Waals surface area contributed by atoms with Crippen LogP contribution in [0.1, 0.15) is 5.56 Å². The number of carbonyl (C=O) groups is 2. The van der Waals surface area contributed by atoms with Crippen molar-refractivity contribution in [3.63, 3.8) is 0 Å². The number of benzene rings is 2. The predicted octanol–water partition coefficient (Wildman–Crippen LogP) is 2.93. The summed E-state index contributed by atoms with van der Waals surface area (Å²) in [5.74, 6) is -0.400. The van der Waals surface area contributed by atoms with Gasteiger partial charge in [0.2, 0.25) is 6.79 Å². The highest BCUT2D eigenvalue weighted by Crippen LogP contribution is 2.39. The highest BCUT2D eigenvalue weighted by atomic mass is 35.5. The number of nitrogens with one attached hydrogen (secondary N) is 1. The topological polar surface area (TPSA) is 97.3 Å². The summed E-state index contributed by atoms with van der Waals surface area (Å²) in [4.78, 5) is 36.0. The van der Waals surface area contributed by atoms with Gasteiger partial charge in [0.25, 0.3) is 11.8 Å². The average Bonchev–Trinajstić information content (AvgIpc) is 3.20. The third kappa shape index (κ3) is 2.66. The van der Waals surface area contributed by atoms with Gasteiger partial charge in [-0.1, -0.05) is 17.7 Å². The van der Waals surface area contributed by atoms with Crippen LogP contribution < -0.4 is 19.9 Å². The smallest absolute Gasteiger partial charge is 0.282 e. The van der Waals surface area contributed by atoms with E-state index in [4.69, 9.17) is 21.1 Å². The molecule has 0 saturated carbocycles. The summed E-state index contributed by atoms with van der Waals surface area (Å²) in [6.45, 7) is 0.0234. The van der Waals surface area contributed by atoms with E-state index in [1.807, 2.05) is 0 Å². The second-order valence-electron chi connectivity index (χ2n) is 5.47. The lowest BCUT2D eigenvalue weighted by Gasteiger charge is -2.14. The molecule has 9 heteroatoms. The summed E-state index contributed by atoms with van der Waals surface area (Å²) >= 11 is 5.93. The molecule has 1 fully saturated rings. The van der Waals surface area contributed by atoms with Crippen LogP contribution in [-0.4, -0.2) is 18.6 Å². The fourth-order valence-electron chi connectivity index (χ4n) is 2.65. The number of ether oxygens (including phenoxy) is 2. The van der Waals surface area contributed by atoms with Crippen LogP contribution in [0, 0.1) is 4.91 Å². The van der Waals surface area contributed by atoms with Crippen LogP contribution in [0.5, 0.6) is 11.5 Å². The van der Waals surface area contributed by atoms with E-state index >= 15 is 0 Å². The number of hydrazine groups is 1. The average molecular weight is 372 g/mol. The fraction of sp³-hybridized carbons (Fsp3) is 0.0588. The van der Waals surface area contributed by atoms with E-state index in [9.17, 15) is 14.5 Å². The molecule has 4 rings (SSSR count). The van der Waals surface area contributed by atoms with Gasteiger partial charge in [-0.3, -0.25) is 15.0 Å². The molecule has 0 spiro atoms. The molecule has 26 heavy (non-hydrogen) atoms. The summed E-state index contributed by atoms with van der Waals surface area (Å²) in [6, 6.07) is 9.37. The van der Waals surface area contributed by atoms with Crippen molar-refractivity contribution in [3.8, 4) is 11.5 Å². The number of nitrogens with zero attached hydrogens (tertiary/aromatic N) is 2. The van der Waals surface area contributed by atoms with Gasteiger partial charge in [-0.25, -0.2) is 5.01 Å². The maximum absolute atomic E-state index is 12.6. The molecular formula is C17H10ClN3O5. The van der Waals surface area contributed by atoms with Crippen molar-refractivity contribution >= 4 is 40.9 Å². The molecule has 1 saturated heterocycles. The van der Waals surface area contributed by atoms with Crippen LogP contribution in [0.25, 0.3) is 6.08 Å². The molecule has 8 nitrogen and oxygen atoms in total. The lowest BCUT2D eigenvalue weighted by molar-refractivity contribution is -0.117. The molecule has 0 aromatic heterocycles. The minimum Gasteiger partial charge on any atom is -0.454 e. The van der Waals surface area contributed by atoms with Gasteiger partial charge in [-0.15, -0.1) is 4.91 Å². The van der Waals surface area contributed by atoms with E-state index in [0.29, 0.717) is 22.2 Å². The number of amides is 2. The van der Waals surface area contributed by atoms with E-state index in [2.05, 4.69) is 10.6 Å². The van der Waals surface area contributed by atoms with Gasteiger partial charge in [-0.05, 0) is 35.5 Å². The van der Waals surface area contributed by atoms with E-state index in [1.165, 1.54) is 18.2 Å². The Morgan fingerprint density at radius 2 is 1.92 bits per heavy atom. The molecule has 2 amide bonds. The third-order valence-corrected chi connectivity index (χ3v) is 4.11. The number of hydrogen-bond donors (Lipinski definition) is 1. The highest BCUT2D eigenvalue weighted by molar-refractivity contribution is 6.33. The molecule has 2 aliphatic heterocycles. The molecule has 2 heterocycles. The SMILES string of the molecule is O=Nc1cc2c(cc1/C=C1\C(=O)NN(c3cccc(Cl)c3)C1=O)OCO2. The van der Waals surface area contributed by atoms with Crippen molar-refractivity contribution < 1.29 is 19.1 Å². The Kier molecular flexibility index (Phi) is 3.81. The second-order valence-corrected chi connectivity index (χ2v) is 5.91. The van der Waals surface area contributed by atoms with Crippen LogP contribution in [0.4, 0.5) is 11.4 Å². The summed E-state index contributed by atoms with van der Waals surface area (Å²) in [6.07, 6.45) is 1.29. The zero-order chi connectivity index (χ0) is 18.3. The van der Waals surface area contributed by atoms with Gasteiger partial charge < -0.3 is 9.47 Å². The largest absolute Gasteiger partial charge is 0.454 e. The van der Waals surface area contributed by atoms with Crippen LogP contribution >= 0.6 is 11.6 Å². The Balaban J connectivity index is 1.73. The quantitative estimate of drug-likeness (QED) is 0.508. The molecule has 0 aliphatic carbocycles. The van der Waals surface area contributed by atoms with Gasteiger partial charge in [0.15, 0.2) is 11.5 Å². The first kappa shape index (κ1) is 16.1. The molecule has 130 valence electrons. The standard InChI is InChI=1S/C17H10ClN3O5/c18-10-2-1-3-11(6-10)21-17(23)12(16(22)19-21)4-9-5-14-15(26-8-25-14)7-13(9)20-24/h1-7H,8H2,(H,19,22)/b12-4+. The van der Waals surface area contributed by atoms with Crippen molar-refractivity contribution in [2.45, 2.75) is 0 Å². The number of fused-ring (bicyclic) bond motifs is 1. The molecule has 0 atom stereocenters. The number of rotatable bonds is 3. The summed E-state index contributed by atoms with van der Waals surface area (Å²) in [5, 5.41) is 4.43.